The average Bonchev–Trinajstić information content (AvgIpc) is 3.32. The molecule has 2 amide bonds. The fourth-order valence-corrected chi connectivity index (χ4v) is 3.73. The molecule has 0 radical (unpaired) electrons. The van der Waals surface area contributed by atoms with Crippen LogP contribution in [0.25, 0.3) is 10.1 Å². The van der Waals surface area contributed by atoms with Gasteiger partial charge in [0.1, 0.15) is 10.6 Å². The number of ether oxygens (including phenoxy) is 1. The second-order valence-corrected chi connectivity index (χ2v) is 7.29. The molecule has 28 heavy (non-hydrogen) atoms. The number of thiophene rings is 1. The molecule has 0 spiro atoms. The van der Waals surface area contributed by atoms with E-state index < -0.39 is 18.5 Å². The third-order valence-electron chi connectivity index (χ3n) is 4.20. The summed E-state index contributed by atoms with van der Waals surface area (Å²) in [4.78, 5) is 38.1. The minimum atomic E-state index is -0.539. The maximum absolute atomic E-state index is 12.3. The zero-order chi connectivity index (χ0) is 20.1. The zero-order valence-electron chi connectivity index (χ0n) is 15.6. The van der Waals surface area contributed by atoms with Gasteiger partial charge >= 0.3 is 5.97 Å². The van der Waals surface area contributed by atoms with Gasteiger partial charge in [0.05, 0.1) is 19.4 Å². The molecule has 8 heteroatoms. The summed E-state index contributed by atoms with van der Waals surface area (Å²) in [5.41, 5.74) is 0.837. The Morgan fingerprint density at radius 3 is 2.68 bits per heavy atom. The summed E-state index contributed by atoms with van der Waals surface area (Å²) in [5.74, 6) is -0.711. The van der Waals surface area contributed by atoms with Crippen LogP contribution in [-0.2, 0) is 20.9 Å². The van der Waals surface area contributed by atoms with Crippen LogP contribution in [0.4, 0.5) is 0 Å². The molecule has 0 unspecified atom stereocenters. The van der Waals surface area contributed by atoms with E-state index in [-0.39, 0.29) is 19.0 Å². The summed E-state index contributed by atoms with van der Waals surface area (Å²) >= 11 is 1.34. The van der Waals surface area contributed by atoms with Crippen LogP contribution in [0, 0.1) is 6.92 Å². The van der Waals surface area contributed by atoms with Crippen molar-refractivity contribution in [2.24, 2.45) is 0 Å². The van der Waals surface area contributed by atoms with Gasteiger partial charge in [-0.25, -0.2) is 4.79 Å². The molecule has 7 nitrogen and oxygen atoms in total. The number of esters is 1. The van der Waals surface area contributed by atoms with E-state index in [1.807, 2.05) is 31.2 Å². The van der Waals surface area contributed by atoms with Crippen molar-refractivity contribution in [3.8, 4) is 0 Å². The highest BCUT2D eigenvalue weighted by atomic mass is 32.1. The van der Waals surface area contributed by atoms with Gasteiger partial charge in [-0.3, -0.25) is 9.59 Å². The number of benzene rings is 1. The van der Waals surface area contributed by atoms with Crippen molar-refractivity contribution in [3.63, 3.8) is 0 Å². The van der Waals surface area contributed by atoms with Crippen molar-refractivity contribution < 1.29 is 23.5 Å². The topological polar surface area (TPSA) is 88.9 Å². The molecule has 3 rings (SSSR count). The molecular weight excluding hydrogens is 380 g/mol. The highest BCUT2D eigenvalue weighted by Crippen LogP contribution is 2.30. The first-order valence-electron chi connectivity index (χ1n) is 8.64. The first kappa shape index (κ1) is 19.6. The largest absolute Gasteiger partial charge is 0.467 e. The van der Waals surface area contributed by atoms with Crippen LogP contribution >= 0.6 is 11.3 Å². The highest BCUT2D eigenvalue weighted by Gasteiger charge is 2.19. The molecule has 3 aromatic rings. The standard InChI is InChI=1S/C20H20N2O5S/c1-13-15-7-3-4-8-16(15)28-19(13)20(25)27-12-18(24)22(2)11-17(23)21-10-14-6-5-9-26-14/h3-9H,10-12H2,1-2H3,(H,21,23). The Labute approximate surface area is 165 Å². The van der Waals surface area contributed by atoms with E-state index in [1.165, 1.54) is 29.5 Å². The number of hydrogen-bond donors (Lipinski definition) is 1. The molecule has 0 aliphatic heterocycles. The Bertz CT molecular complexity index is 993. The average molecular weight is 400 g/mol. The summed E-state index contributed by atoms with van der Waals surface area (Å²) in [6.07, 6.45) is 1.52. The summed E-state index contributed by atoms with van der Waals surface area (Å²) in [6, 6.07) is 11.2. The predicted molar refractivity (Wildman–Crippen MR) is 105 cm³/mol. The highest BCUT2D eigenvalue weighted by molar-refractivity contribution is 7.21. The smallest absolute Gasteiger partial charge is 0.349 e. The molecule has 1 N–H and O–H groups in total. The number of likely N-dealkylation sites (N-methyl/N-ethyl adjacent to an activating group) is 1. The Morgan fingerprint density at radius 2 is 1.96 bits per heavy atom. The van der Waals surface area contributed by atoms with Gasteiger partial charge in [0.25, 0.3) is 5.91 Å². The molecule has 0 aliphatic carbocycles. The van der Waals surface area contributed by atoms with Crippen molar-refractivity contribution in [1.29, 1.82) is 0 Å². The third-order valence-corrected chi connectivity index (χ3v) is 5.46. The van der Waals surface area contributed by atoms with Crippen LogP contribution in [0.5, 0.6) is 0 Å². The number of rotatable bonds is 7. The quantitative estimate of drug-likeness (QED) is 0.616. The van der Waals surface area contributed by atoms with Crippen molar-refractivity contribution >= 4 is 39.2 Å². The van der Waals surface area contributed by atoms with Gasteiger partial charge in [0, 0.05) is 11.7 Å². The molecule has 0 atom stereocenters. The molecule has 1 aromatic carbocycles. The minimum Gasteiger partial charge on any atom is -0.467 e. The fraction of sp³-hybridized carbons (Fsp3) is 0.250. The molecule has 146 valence electrons. The first-order valence-corrected chi connectivity index (χ1v) is 9.45. The first-order chi connectivity index (χ1) is 13.5. The Morgan fingerprint density at radius 1 is 1.18 bits per heavy atom. The van der Waals surface area contributed by atoms with Gasteiger partial charge in [0.15, 0.2) is 6.61 Å². The lowest BCUT2D eigenvalue weighted by atomic mass is 10.1. The number of amides is 2. The van der Waals surface area contributed by atoms with Crippen molar-refractivity contribution in [2.45, 2.75) is 13.5 Å². The van der Waals surface area contributed by atoms with Crippen LogP contribution in [0.15, 0.2) is 47.1 Å². The van der Waals surface area contributed by atoms with Crippen molar-refractivity contribution in [2.75, 3.05) is 20.2 Å². The number of nitrogens with one attached hydrogen (secondary N) is 1. The molecule has 0 saturated heterocycles. The number of furan rings is 1. The normalized spacial score (nSPS) is 10.6. The predicted octanol–water partition coefficient (Wildman–Crippen LogP) is 2.73. The summed E-state index contributed by atoms with van der Waals surface area (Å²) in [7, 11) is 1.48. The number of fused-ring (bicyclic) bond motifs is 1. The van der Waals surface area contributed by atoms with Gasteiger partial charge in [-0.2, -0.15) is 0 Å². The van der Waals surface area contributed by atoms with Crippen LogP contribution in [0.1, 0.15) is 21.0 Å². The van der Waals surface area contributed by atoms with Crippen LogP contribution in [-0.4, -0.2) is 42.9 Å². The van der Waals surface area contributed by atoms with Gasteiger partial charge in [-0.15, -0.1) is 11.3 Å². The van der Waals surface area contributed by atoms with E-state index in [4.69, 9.17) is 9.15 Å². The minimum absolute atomic E-state index is 0.140. The third kappa shape index (κ3) is 4.58. The maximum Gasteiger partial charge on any atom is 0.349 e. The number of hydrogen-bond acceptors (Lipinski definition) is 6. The van der Waals surface area contributed by atoms with Crippen LogP contribution < -0.4 is 5.32 Å². The molecule has 2 aromatic heterocycles. The van der Waals surface area contributed by atoms with Crippen molar-refractivity contribution in [3.05, 3.63) is 58.9 Å². The van der Waals surface area contributed by atoms with E-state index in [1.54, 1.807) is 12.1 Å². The molecule has 0 aliphatic rings. The van der Waals surface area contributed by atoms with E-state index >= 15 is 0 Å². The molecular formula is C20H20N2O5S. The summed E-state index contributed by atoms with van der Waals surface area (Å²) in [5, 5.41) is 3.65. The molecule has 0 bridgehead atoms. The SMILES string of the molecule is Cc1c(C(=O)OCC(=O)N(C)CC(=O)NCc2ccco2)sc2ccccc12. The van der Waals surface area contributed by atoms with Crippen LogP contribution in [0.3, 0.4) is 0 Å². The Hall–Kier alpha value is -3.13. The van der Waals surface area contributed by atoms with Gasteiger partial charge in [0.2, 0.25) is 5.91 Å². The number of aryl methyl sites for hydroxylation is 1. The Balaban J connectivity index is 1.49. The molecule has 2 heterocycles. The lowest BCUT2D eigenvalue weighted by Crippen LogP contribution is -2.39. The Kier molecular flexibility index (Phi) is 6.10. The number of nitrogens with zero attached hydrogens (tertiary/aromatic N) is 1. The lowest BCUT2D eigenvalue weighted by molar-refractivity contribution is -0.137. The summed E-state index contributed by atoms with van der Waals surface area (Å²) in [6.45, 7) is 1.54. The monoisotopic (exact) mass is 400 g/mol. The fourth-order valence-electron chi connectivity index (χ4n) is 2.63. The van der Waals surface area contributed by atoms with E-state index in [0.717, 1.165) is 15.6 Å². The van der Waals surface area contributed by atoms with Gasteiger partial charge in [-0.1, -0.05) is 18.2 Å². The van der Waals surface area contributed by atoms with Gasteiger partial charge in [-0.05, 0) is 36.1 Å². The maximum atomic E-state index is 12.3. The lowest BCUT2D eigenvalue weighted by Gasteiger charge is -2.16. The zero-order valence-corrected chi connectivity index (χ0v) is 16.4. The number of carbonyl (C=O) groups is 3. The van der Waals surface area contributed by atoms with E-state index in [2.05, 4.69) is 5.32 Å². The van der Waals surface area contributed by atoms with E-state index in [0.29, 0.717) is 10.6 Å². The van der Waals surface area contributed by atoms with Crippen molar-refractivity contribution in [1.82, 2.24) is 10.2 Å². The second kappa shape index (κ2) is 8.71. The number of carbonyl (C=O) groups excluding carboxylic acids is 3. The second-order valence-electron chi connectivity index (χ2n) is 6.23. The molecule has 0 saturated carbocycles. The van der Waals surface area contributed by atoms with Gasteiger partial charge < -0.3 is 19.4 Å². The van der Waals surface area contributed by atoms with E-state index in [9.17, 15) is 14.4 Å². The summed E-state index contributed by atoms with van der Waals surface area (Å²) < 4.78 is 11.3. The molecule has 0 fully saturated rings. The van der Waals surface area contributed by atoms with Crippen LogP contribution in [0.2, 0.25) is 0 Å².